The van der Waals surface area contributed by atoms with Crippen molar-refractivity contribution in [2.75, 3.05) is 19.1 Å². The highest BCUT2D eigenvalue weighted by Crippen LogP contribution is 2.26. The molecule has 8 heteroatoms. The monoisotopic (exact) mass is 515 g/mol. The Morgan fingerprint density at radius 2 is 1.84 bits per heavy atom. The molecule has 0 radical (unpaired) electrons. The number of ether oxygens (including phenoxy) is 3. The number of aromatic nitrogens is 1. The van der Waals surface area contributed by atoms with Crippen LogP contribution < -0.4 is 14.9 Å². The standard InChI is InChI=1S/C29H29N3O4S/c1-3-35-28(33)17-25-20-37-29(31-25)32-30-18-22-13-14-26(34-2)24(16-22)19-36-27-12-8-7-11-23(27)15-21-9-5-4-6-10-21/h4-14,16,18,20H,3,15,17,19H2,1-2H3,(H,31,32). The normalized spacial score (nSPS) is 10.9. The van der Waals surface area contributed by atoms with E-state index in [0.717, 1.165) is 34.6 Å². The first kappa shape index (κ1) is 25.9. The van der Waals surface area contributed by atoms with E-state index >= 15 is 0 Å². The highest BCUT2D eigenvalue weighted by atomic mass is 32.1. The maximum absolute atomic E-state index is 11.6. The van der Waals surface area contributed by atoms with Crippen LogP contribution >= 0.6 is 11.3 Å². The van der Waals surface area contributed by atoms with Crippen LogP contribution in [0, 0.1) is 0 Å². The minimum Gasteiger partial charge on any atom is -0.496 e. The van der Waals surface area contributed by atoms with Crippen LogP contribution in [0.3, 0.4) is 0 Å². The Morgan fingerprint density at radius 3 is 2.65 bits per heavy atom. The quantitative estimate of drug-likeness (QED) is 0.144. The van der Waals surface area contributed by atoms with E-state index in [1.807, 2.05) is 60.0 Å². The Labute approximate surface area is 220 Å². The van der Waals surface area contributed by atoms with Gasteiger partial charge in [-0.15, -0.1) is 11.3 Å². The SMILES string of the molecule is CCOC(=O)Cc1csc(NN=Cc2ccc(OC)c(COc3ccccc3Cc3ccccc3)c2)n1. The van der Waals surface area contributed by atoms with Gasteiger partial charge in [0.05, 0.1) is 32.0 Å². The number of carbonyl (C=O) groups is 1. The molecule has 37 heavy (non-hydrogen) atoms. The molecule has 4 rings (SSSR count). The molecule has 0 fully saturated rings. The summed E-state index contributed by atoms with van der Waals surface area (Å²) in [6.45, 7) is 2.49. The van der Waals surface area contributed by atoms with Gasteiger partial charge in [-0.25, -0.2) is 4.98 Å². The molecule has 1 N–H and O–H groups in total. The lowest BCUT2D eigenvalue weighted by atomic mass is 10.0. The van der Waals surface area contributed by atoms with Gasteiger partial charge in [-0.2, -0.15) is 5.10 Å². The van der Waals surface area contributed by atoms with Gasteiger partial charge >= 0.3 is 5.97 Å². The second-order valence-corrected chi connectivity index (χ2v) is 8.98. The van der Waals surface area contributed by atoms with Gasteiger partial charge in [0.15, 0.2) is 0 Å². The summed E-state index contributed by atoms with van der Waals surface area (Å²) in [6.07, 6.45) is 2.65. The number of esters is 1. The summed E-state index contributed by atoms with van der Waals surface area (Å²) < 4.78 is 16.7. The van der Waals surface area contributed by atoms with Crippen molar-refractivity contribution >= 4 is 28.7 Å². The molecule has 0 bridgehead atoms. The number of hydrogen-bond acceptors (Lipinski definition) is 8. The fraction of sp³-hybridized carbons (Fsp3) is 0.207. The Bertz CT molecular complexity index is 1340. The first-order chi connectivity index (χ1) is 18.1. The Kier molecular flexibility index (Phi) is 9.26. The summed E-state index contributed by atoms with van der Waals surface area (Å²) in [4.78, 5) is 16.0. The van der Waals surface area contributed by atoms with Gasteiger partial charge < -0.3 is 14.2 Å². The molecule has 4 aromatic rings. The number of nitrogens with one attached hydrogen (secondary N) is 1. The maximum Gasteiger partial charge on any atom is 0.311 e. The Morgan fingerprint density at radius 1 is 1.03 bits per heavy atom. The van der Waals surface area contributed by atoms with Crippen molar-refractivity contribution in [3.8, 4) is 11.5 Å². The molecule has 0 spiro atoms. The summed E-state index contributed by atoms with van der Waals surface area (Å²) in [5.41, 5.74) is 7.72. The van der Waals surface area contributed by atoms with E-state index in [0.29, 0.717) is 24.0 Å². The van der Waals surface area contributed by atoms with Crippen molar-refractivity contribution in [2.45, 2.75) is 26.4 Å². The third-order valence-corrected chi connectivity index (χ3v) is 6.25. The van der Waals surface area contributed by atoms with Crippen molar-refractivity contribution in [2.24, 2.45) is 5.10 Å². The van der Waals surface area contributed by atoms with E-state index in [4.69, 9.17) is 14.2 Å². The number of para-hydroxylation sites is 1. The van der Waals surface area contributed by atoms with E-state index in [2.05, 4.69) is 33.7 Å². The van der Waals surface area contributed by atoms with Crippen LogP contribution in [-0.4, -0.2) is 30.9 Å². The zero-order valence-electron chi connectivity index (χ0n) is 20.8. The number of methoxy groups -OCH3 is 1. The predicted molar refractivity (Wildman–Crippen MR) is 147 cm³/mol. The molecule has 0 amide bonds. The topological polar surface area (TPSA) is 82.0 Å². The summed E-state index contributed by atoms with van der Waals surface area (Å²) >= 11 is 1.38. The van der Waals surface area contributed by atoms with Crippen LogP contribution in [0.1, 0.15) is 34.9 Å². The molecule has 1 heterocycles. The summed E-state index contributed by atoms with van der Waals surface area (Å²) in [6, 6.07) is 24.2. The van der Waals surface area contributed by atoms with E-state index in [-0.39, 0.29) is 12.4 Å². The smallest absolute Gasteiger partial charge is 0.311 e. The van der Waals surface area contributed by atoms with Crippen molar-refractivity contribution < 1.29 is 19.0 Å². The molecule has 1 aromatic heterocycles. The second kappa shape index (κ2) is 13.2. The average Bonchev–Trinajstić information content (AvgIpc) is 3.36. The van der Waals surface area contributed by atoms with Crippen LogP contribution in [0.4, 0.5) is 5.13 Å². The molecule has 0 aliphatic heterocycles. The highest BCUT2D eigenvalue weighted by molar-refractivity contribution is 7.13. The number of anilines is 1. The van der Waals surface area contributed by atoms with Crippen LogP contribution in [0.5, 0.6) is 11.5 Å². The molecule has 0 saturated carbocycles. The van der Waals surface area contributed by atoms with E-state index < -0.39 is 0 Å². The van der Waals surface area contributed by atoms with Crippen LogP contribution in [-0.2, 0) is 29.0 Å². The number of hydrogen-bond donors (Lipinski definition) is 1. The molecular weight excluding hydrogens is 486 g/mol. The lowest BCUT2D eigenvalue weighted by Crippen LogP contribution is -2.07. The third-order valence-electron chi connectivity index (χ3n) is 5.45. The maximum atomic E-state index is 11.6. The molecule has 0 atom stereocenters. The van der Waals surface area contributed by atoms with Crippen LogP contribution in [0.25, 0.3) is 0 Å². The lowest BCUT2D eigenvalue weighted by molar-refractivity contribution is -0.142. The van der Waals surface area contributed by atoms with Gasteiger partial charge in [0.1, 0.15) is 18.1 Å². The van der Waals surface area contributed by atoms with Gasteiger partial charge in [0.25, 0.3) is 0 Å². The van der Waals surface area contributed by atoms with Crippen LogP contribution in [0.2, 0.25) is 0 Å². The zero-order valence-corrected chi connectivity index (χ0v) is 21.7. The Balaban J connectivity index is 1.40. The average molecular weight is 516 g/mol. The molecule has 3 aromatic carbocycles. The minimum atomic E-state index is -0.293. The molecule has 0 unspecified atom stereocenters. The molecule has 190 valence electrons. The highest BCUT2D eigenvalue weighted by Gasteiger charge is 2.10. The molecule has 0 aliphatic carbocycles. The number of carbonyl (C=O) groups excluding carboxylic acids is 1. The number of hydrazone groups is 1. The van der Waals surface area contributed by atoms with E-state index in [9.17, 15) is 4.79 Å². The van der Waals surface area contributed by atoms with E-state index in [1.165, 1.54) is 16.9 Å². The largest absolute Gasteiger partial charge is 0.496 e. The van der Waals surface area contributed by atoms with Crippen LogP contribution in [0.15, 0.2) is 83.3 Å². The Hall–Kier alpha value is -4.17. The number of benzene rings is 3. The van der Waals surface area contributed by atoms with Crippen molar-refractivity contribution in [3.05, 3.63) is 106 Å². The van der Waals surface area contributed by atoms with Crippen molar-refractivity contribution in [3.63, 3.8) is 0 Å². The molecule has 0 saturated heterocycles. The van der Waals surface area contributed by atoms with Gasteiger partial charge in [-0.05, 0) is 47.9 Å². The fourth-order valence-electron chi connectivity index (χ4n) is 3.72. The predicted octanol–water partition coefficient (Wildman–Crippen LogP) is 5.87. The number of thiazole rings is 1. The summed E-state index contributed by atoms with van der Waals surface area (Å²) in [5.74, 6) is 1.30. The zero-order chi connectivity index (χ0) is 25.9. The summed E-state index contributed by atoms with van der Waals surface area (Å²) in [5, 5.41) is 6.70. The lowest BCUT2D eigenvalue weighted by Gasteiger charge is -2.14. The van der Waals surface area contributed by atoms with E-state index in [1.54, 1.807) is 20.2 Å². The first-order valence-electron chi connectivity index (χ1n) is 11.9. The molecule has 0 aliphatic rings. The number of nitrogens with zero attached hydrogens (tertiary/aromatic N) is 2. The second-order valence-electron chi connectivity index (χ2n) is 8.13. The number of rotatable bonds is 12. The van der Waals surface area contributed by atoms with Gasteiger partial charge in [-0.3, -0.25) is 10.2 Å². The van der Waals surface area contributed by atoms with Crippen molar-refractivity contribution in [1.82, 2.24) is 4.98 Å². The molecular formula is C29H29N3O4S. The summed E-state index contributed by atoms with van der Waals surface area (Å²) in [7, 11) is 1.65. The first-order valence-corrected chi connectivity index (χ1v) is 12.8. The minimum absolute atomic E-state index is 0.145. The third kappa shape index (κ3) is 7.65. The molecule has 7 nitrogen and oxygen atoms in total. The van der Waals surface area contributed by atoms with Gasteiger partial charge in [0, 0.05) is 17.4 Å². The van der Waals surface area contributed by atoms with Gasteiger partial charge in [-0.1, -0.05) is 48.5 Å². The fourth-order valence-corrected chi connectivity index (χ4v) is 4.37. The van der Waals surface area contributed by atoms with Gasteiger partial charge in [0.2, 0.25) is 5.13 Å². The van der Waals surface area contributed by atoms with Crippen molar-refractivity contribution in [1.29, 1.82) is 0 Å².